The SMILES string of the molecule is CNC(=O)C(C)CN(C)c1ccc(C#N)c2ccccc12. The van der Waals surface area contributed by atoms with Gasteiger partial charge in [-0.05, 0) is 12.1 Å². The van der Waals surface area contributed by atoms with Gasteiger partial charge < -0.3 is 10.2 Å². The molecule has 2 aromatic carbocycles. The number of nitrogens with one attached hydrogen (secondary N) is 1. The maximum absolute atomic E-state index is 11.7. The molecule has 0 bridgehead atoms. The van der Waals surface area contributed by atoms with Gasteiger partial charge >= 0.3 is 0 Å². The Hall–Kier alpha value is -2.54. The maximum atomic E-state index is 11.7. The van der Waals surface area contributed by atoms with Gasteiger partial charge in [-0.3, -0.25) is 4.79 Å². The number of carbonyl (C=O) groups is 1. The van der Waals surface area contributed by atoms with E-state index in [1.807, 2.05) is 50.4 Å². The minimum absolute atomic E-state index is 0.0276. The van der Waals surface area contributed by atoms with Crippen molar-refractivity contribution in [2.24, 2.45) is 5.92 Å². The van der Waals surface area contributed by atoms with E-state index in [-0.39, 0.29) is 11.8 Å². The van der Waals surface area contributed by atoms with Crippen LogP contribution in [0.1, 0.15) is 12.5 Å². The summed E-state index contributed by atoms with van der Waals surface area (Å²) in [5.74, 6) is -0.0748. The summed E-state index contributed by atoms with van der Waals surface area (Å²) in [7, 11) is 3.61. The molecule has 1 N–H and O–H groups in total. The van der Waals surface area contributed by atoms with Crippen LogP contribution in [0.5, 0.6) is 0 Å². The lowest BCUT2D eigenvalue weighted by molar-refractivity contribution is -0.123. The zero-order chi connectivity index (χ0) is 15.4. The average Bonchev–Trinajstić information content (AvgIpc) is 2.52. The highest BCUT2D eigenvalue weighted by molar-refractivity contribution is 5.97. The summed E-state index contributed by atoms with van der Waals surface area (Å²) in [5, 5.41) is 13.8. The predicted octanol–water partition coefficient (Wildman–Crippen LogP) is 2.53. The molecule has 0 heterocycles. The lowest BCUT2D eigenvalue weighted by atomic mass is 10.0. The van der Waals surface area contributed by atoms with Gasteiger partial charge in [0.15, 0.2) is 0 Å². The van der Waals surface area contributed by atoms with Gasteiger partial charge in [0.1, 0.15) is 0 Å². The van der Waals surface area contributed by atoms with E-state index in [9.17, 15) is 10.1 Å². The van der Waals surface area contributed by atoms with E-state index in [0.29, 0.717) is 12.1 Å². The normalized spacial score (nSPS) is 11.7. The van der Waals surface area contributed by atoms with Crippen LogP contribution in [0.3, 0.4) is 0 Å². The molecule has 1 atom stereocenters. The van der Waals surface area contributed by atoms with Crippen molar-refractivity contribution in [3.05, 3.63) is 42.0 Å². The molecule has 2 aromatic rings. The molecule has 4 nitrogen and oxygen atoms in total. The van der Waals surface area contributed by atoms with Gasteiger partial charge in [-0.15, -0.1) is 0 Å². The molecule has 1 unspecified atom stereocenters. The quantitative estimate of drug-likeness (QED) is 0.937. The standard InChI is InChI=1S/C17H19N3O/c1-12(17(21)19-2)11-20(3)16-9-8-13(10-18)14-6-4-5-7-15(14)16/h4-9,12H,11H2,1-3H3,(H,19,21). The summed E-state index contributed by atoms with van der Waals surface area (Å²) in [6.45, 7) is 2.52. The van der Waals surface area contributed by atoms with Gasteiger partial charge in [0, 0.05) is 37.1 Å². The largest absolute Gasteiger partial charge is 0.373 e. The fourth-order valence-corrected chi connectivity index (χ4v) is 2.55. The maximum Gasteiger partial charge on any atom is 0.224 e. The first-order valence-corrected chi connectivity index (χ1v) is 6.93. The summed E-state index contributed by atoms with van der Waals surface area (Å²) >= 11 is 0. The number of nitrogens with zero attached hydrogens (tertiary/aromatic N) is 2. The first kappa shape index (κ1) is 14.9. The van der Waals surface area contributed by atoms with E-state index in [2.05, 4.69) is 16.3 Å². The summed E-state index contributed by atoms with van der Waals surface area (Å²) in [5.41, 5.74) is 1.70. The number of carbonyl (C=O) groups excluding carboxylic acids is 1. The topological polar surface area (TPSA) is 56.1 Å². The smallest absolute Gasteiger partial charge is 0.224 e. The molecule has 0 aliphatic carbocycles. The fourth-order valence-electron chi connectivity index (χ4n) is 2.55. The van der Waals surface area contributed by atoms with Crippen LogP contribution in [0.2, 0.25) is 0 Å². The second-order valence-corrected chi connectivity index (χ2v) is 5.19. The van der Waals surface area contributed by atoms with Crippen molar-refractivity contribution in [3.63, 3.8) is 0 Å². The van der Waals surface area contributed by atoms with Gasteiger partial charge in [0.2, 0.25) is 5.91 Å². The van der Waals surface area contributed by atoms with Crippen LogP contribution in [0.15, 0.2) is 36.4 Å². The second kappa shape index (κ2) is 6.27. The van der Waals surface area contributed by atoms with Crippen molar-refractivity contribution in [1.82, 2.24) is 5.32 Å². The van der Waals surface area contributed by atoms with Crippen molar-refractivity contribution < 1.29 is 4.79 Å². The molecule has 0 saturated carbocycles. The van der Waals surface area contributed by atoms with E-state index in [1.54, 1.807) is 7.05 Å². The molecule has 2 rings (SSSR count). The Labute approximate surface area is 125 Å². The Morgan fingerprint density at radius 2 is 1.95 bits per heavy atom. The van der Waals surface area contributed by atoms with Crippen molar-refractivity contribution in [2.75, 3.05) is 25.5 Å². The molecule has 21 heavy (non-hydrogen) atoms. The van der Waals surface area contributed by atoms with Gasteiger partial charge in [0.25, 0.3) is 0 Å². The Balaban J connectivity index is 2.39. The first-order chi connectivity index (χ1) is 10.1. The monoisotopic (exact) mass is 281 g/mol. The van der Waals surface area contributed by atoms with Crippen molar-refractivity contribution >= 4 is 22.4 Å². The van der Waals surface area contributed by atoms with Gasteiger partial charge in [-0.1, -0.05) is 31.2 Å². The molecule has 0 saturated heterocycles. The minimum atomic E-state index is -0.102. The molecular weight excluding hydrogens is 262 g/mol. The Bertz CT molecular complexity index is 703. The molecule has 0 aliphatic heterocycles. The lowest BCUT2D eigenvalue weighted by Crippen LogP contribution is -2.34. The predicted molar refractivity (Wildman–Crippen MR) is 85.2 cm³/mol. The second-order valence-electron chi connectivity index (χ2n) is 5.19. The van der Waals surface area contributed by atoms with E-state index in [0.717, 1.165) is 16.5 Å². The summed E-state index contributed by atoms with van der Waals surface area (Å²) in [6.07, 6.45) is 0. The zero-order valence-electron chi connectivity index (χ0n) is 12.6. The number of fused-ring (bicyclic) bond motifs is 1. The molecule has 1 amide bonds. The Morgan fingerprint density at radius 3 is 2.57 bits per heavy atom. The van der Waals surface area contributed by atoms with Crippen LogP contribution in [-0.4, -0.2) is 26.5 Å². The summed E-state index contributed by atoms with van der Waals surface area (Å²) in [6, 6.07) is 13.8. The zero-order valence-corrected chi connectivity index (χ0v) is 12.6. The molecule has 0 fully saturated rings. The third-order valence-corrected chi connectivity index (χ3v) is 3.67. The van der Waals surface area contributed by atoms with E-state index in [4.69, 9.17) is 0 Å². The van der Waals surface area contributed by atoms with Gasteiger partial charge in [0.05, 0.1) is 17.6 Å². The van der Waals surface area contributed by atoms with E-state index < -0.39 is 0 Å². The highest BCUT2D eigenvalue weighted by atomic mass is 16.1. The molecule has 4 heteroatoms. The van der Waals surface area contributed by atoms with Crippen molar-refractivity contribution in [3.8, 4) is 6.07 Å². The summed E-state index contributed by atoms with van der Waals surface area (Å²) in [4.78, 5) is 13.7. The molecule has 108 valence electrons. The first-order valence-electron chi connectivity index (χ1n) is 6.93. The number of benzene rings is 2. The minimum Gasteiger partial charge on any atom is -0.373 e. The molecule has 0 aliphatic rings. The fraction of sp³-hybridized carbons (Fsp3) is 0.294. The van der Waals surface area contributed by atoms with Crippen LogP contribution in [0, 0.1) is 17.2 Å². The lowest BCUT2D eigenvalue weighted by Gasteiger charge is -2.24. The number of amides is 1. The van der Waals surface area contributed by atoms with Crippen LogP contribution in [0.25, 0.3) is 10.8 Å². The molecular formula is C17H19N3O. The number of hydrogen-bond acceptors (Lipinski definition) is 3. The number of hydrogen-bond donors (Lipinski definition) is 1. The van der Waals surface area contributed by atoms with Crippen molar-refractivity contribution in [1.29, 1.82) is 5.26 Å². The third kappa shape index (κ3) is 2.97. The molecule has 0 radical (unpaired) electrons. The van der Waals surface area contributed by atoms with E-state index >= 15 is 0 Å². The van der Waals surface area contributed by atoms with Crippen LogP contribution in [-0.2, 0) is 4.79 Å². The third-order valence-electron chi connectivity index (χ3n) is 3.67. The van der Waals surface area contributed by atoms with Gasteiger partial charge in [-0.25, -0.2) is 0 Å². The molecule has 0 aromatic heterocycles. The van der Waals surface area contributed by atoms with Crippen molar-refractivity contribution in [2.45, 2.75) is 6.92 Å². The number of nitriles is 1. The van der Waals surface area contributed by atoms with E-state index in [1.165, 1.54) is 0 Å². The molecule has 0 spiro atoms. The van der Waals surface area contributed by atoms with Crippen LogP contribution >= 0.6 is 0 Å². The Morgan fingerprint density at radius 1 is 1.29 bits per heavy atom. The highest BCUT2D eigenvalue weighted by Gasteiger charge is 2.16. The summed E-state index contributed by atoms with van der Waals surface area (Å²) < 4.78 is 0. The van der Waals surface area contributed by atoms with Gasteiger partial charge in [-0.2, -0.15) is 5.26 Å². The Kier molecular flexibility index (Phi) is 4.44. The number of rotatable bonds is 4. The van der Waals surface area contributed by atoms with Crippen LogP contribution in [0.4, 0.5) is 5.69 Å². The number of anilines is 1. The van der Waals surface area contributed by atoms with Crippen LogP contribution < -0.4 is 10.2 Å². The highest BCUT2D eigenvalue weighted by Crippen LogP contribution is 2.29. The average molecular weight is 281 g/mol.